The third kappa shape index (κ3) is 20.2. The predicted octanol–water partition coefficient (Wildman–Crippen LogP) is 3.57. The van der Waals surface area contributed by atoms with E-state index in [1.54, 1.807) is 0 Å². The van der Waals surface area contributed by atoms with Gasteiger partial charge in [-0.2, -0.15) is 35.9 Å². The Morgan fingerprint density at radius 3 is 1.63 bits per heavy atom. The van der Waals surface area contributed by atoms with E-state index in [4.69, 9.17) is 0 Å². The summed E-state index contributed by atoms with van der Waals surface area (Å²) in [6, 6.07) is 18.8. The largest absolute Gasteiger partial charge is 2.00 e. The second-order valence-electron chi connectivity index (χ2n) is 8.20. The van der Waals surface area contributed by atoms with E-state index in [1.807, 2.05) is 30.3 Å². The third-order valence-electron chi connectivity index (χ3n) is 4.58. The van der Waals surface area contributed by atoms with Crippen LogP contribution in [0.1, 0.15) is 63.4 Å². The molecule has 0 radical (unpaired) electrons. The second kappa shape index (κ2) is 19.0. The van der Waals surface area contributed by atoms with Gasteiger partial charge in [-0.1, -0.05) is 51.4 Å². The van der Waals surface area contributed by atoms with Crippen molar-refractivity contribution in [2.45, 2.75) is 64.2 Å². The van der Waals surface area contributed by atoms with E-state index >= 15 is 0 Å². The SMILES string of the molecule is C[N+](C)(C)CCCCCCCCCCCc1ccc[cH-]1.[Br-].[Fe+2].c1cc[cH-]c1. The first-order chi connectivity index (χ1) is 12.1. The van der Waals surface area contributed by atoms with Gasteiger partial charge in [0.2, 0.25) is 0 Å². The van der Waals surface area contributed by atoms with Crippen molar-refractivity contribution in [2.75, 3.05) is 27.7 Å². The van der Waals surface area contributed by atoms with Crippen molar-refractivity contribution in [3.8, 4) is 0 Å². The van der Waals surface area contributed by atoms with E-state index in [-0.39, 0.29) is 34.1 Å². The first-order valence-electron chi connectivity index (χ1n) is 10.3. The number of rotatable bonds is 12. The van der Waals surface area contributed by atoms with Crippen LogP contribution in [0.5, 0.6) is 0 Å². The number of aryl methyl sites for hydroxylation is 1. The monoisotopic (exact) mass is 477 g/mol. The molecule has 0 amide bonds. The fraction of sp³-hybridized carbons (Fsp3) is 0.583. The Hall–Kier alpha value is -0.341. The Morgan fingerprint density at radius 1 is 0.704 bits per heavy atom. The van der Waals surface area contributed by atoms with Crippen molar-refractivity contribution in [3.05, 3.63) is 60.2 Å². The van der Waals surface area contributed by atoms with Gasteiger partial charge in [-0.15, -0.1) is 0 Å². The summed E-state index contributed by atoms with van der Waals surface area (Å²) in [6.45, 7) is 1.32. The summed E-state index contributed by atoms with van der Waals surface area (Å²) in [5.41, 5.74) is 1.52. The minimum atomic E-state index is 0. The van der Waals surface area contributed by atoms with Crippen LogP contribution in [0.4, 0.5) is 0 Å². The molecule has 0 saturated heterocycles. The fourth-order valence-electron chi connectivity index (χ4n) is 3.05. The Balaban J connectivity index is 0. The van der Waals surface area contributed by atoms with Crippen LogP contribution >= 0.6 is 0 Å². The summed E-state index contributed by atoms with van der Waals surface area (Å²) in [6.07, 6.45) is 14.1. The van der Waals surface area contributed by atoms with E-state index in [0.29, 0.717) is 0 Å². The normalized spacial score (nSPS) is 10.3. The number of halogens is 1. The molecular weight excluding hydrogens is 438 g/mol. The van der Waals surface area contributed by atoms with Gasteiger partial charge in [0, 0.05) is 0 Å². The smallest absolute Gasteiger partial charge is 1.00 e. The summed E-state index contributed by atoms with van der Waals surface area (Å²) >= 11 is 0. The first kappa shape index (κ1) is 28.9. The maximum absolute atomic E-state index is 2.29. The van der Waals surface area contributed by atoms with Gasteiger partial charge < -0.3 is 21.5 Å². The van der Waals surface area contributed by atoms with E-state index < -0.39 is 0 Å². The van der Waals surface area contributed by atoms with Gasteiger partial charge in [0.1, 0.15) is 0 Å². The van der Waals surface area contributed by atoms with E-state index in [9.17, 15) is 0 Å². The average molecular weight is 478 g/mol. The molecule has 0 fully saturated rings. The number of quaternary nitrogens is 1. The molecule has 0 unspecified atom stereocenters. The van der Waals surface area contributed by atoms with Gasteiger partial charge in [-0.25, -0.2) is 24.3 Å². The van der Waals surface area contributed by atoms with Crippen LogP contribution in [-0.2, 0) is 23.5 Å². The van der Waals surface area contributed by atoms with Gasteiger partial charge in [0.05, 0.1) is 27.7 Å². The Kier molecular flexibility index (Phi) is 20.3. The Bertz CT molecular complexity index is 454. The summed E-state index contributed by atoms with van der Waals surface area (Å²) in [4.78, 5) is 0. The zero-order valence-electron chi connectivity index (χ0n) is 17.7. The fourth-order valence-corrected chi connectivity index (χ4v) is 3.05. The molecule has 27 heavy (non-hydrogen) atoms. The predicted molar refractivity (Wildman–Crippen MR) is 112 cm³/mol. The van der Waals surface area contributed by atoms with Crippen molar-refractivity contribution < 1.29 is 38.5 Å². The molecule has 0 aliphatic rings. The molecule has 0 bridgehead atoms. The quantitative estimate of drug-likeness (QED) is 0.190. The average Bonchev–Trinajstić information content (AvgIpc) is 3.27. The molecule has 156 valence electrons. The zero-order chi connectivity index (χ0) is 18.2. The van der Waals surface area contributed by atoms with E-state index in [2.05, 4.69) is 45.4 Å². The van der Waals surface area contributed by atoms with Crippen LogP contribution < -0.4 is 17.0 Å². The number of hydrogen-bond donors (Lipinski definition) is 0. The van der Waals surface area contributed by atoms with E-state index in [1.165, 1.54) is 76.3 Å². The maximum atomic E-state index is 2.29. The zero-order valence-corrected chi connectivity index (χ0v) is 20.3. The molecule has 1 nitrogen and oxygen atoms in total. The topological polar surface area (TPSA) is 0 Å². The van der Waals surface area contributed by atoms with Crippen molar-refractivity contribution >= 4 is 0 Å². The van der Waals surface area contributed by atoms with Gasteiger partial charge in [-0.05, 0) is 12.8 Å². The molecule has 0 atom stereocenters. The summed E-state index contributed by atoms with van der Waals surface area (Å²) < 4.78 is 1.11. The van der Waals surface area contributed by atoms with Crippen molar-refractivity contribution in [3.63, 3.8) is 0 Å². The van der Waals surface area contributed by atoms with Gasteiger partial charge in [-0.3, -0.25) is 0 Å². The number of nitrogens with zero attached hydrogens (tertiary/aromatic N) is 1. The molecule has 0 saturated carbocycles. The van der Waals surface area contributed by atoms with Crippen LogP contribution in [-0.4, -0.2) is 32.2 Å². The standard InChI is InChI=1S/C19H35N.C5H5.BrH.Fe/c1-20(2,3)18-14-10-8-6-4-5-7-9-11-15-19-16-12-13-17-19;1-2-4-5-3-1;;/h12-13,16-17H,4-11,14-15,18H2,1-3H3;1-5H;1H;/q;-1;;+2/p-1. The molecule has 0 heterocycles. The second-order valence-corrected chi connectivity index (χ2v) is 8.20. The maximum Gasteiger partial charge on any atom is 2.00 e. The van der Waals surface area contributed by atoms with Gasteiger partial charge in [0.25, 0.3) is 0 Å². The molecule has 2 rings (SSSR count). The minimum absolute atomic E-state index is 0. The third-order valence-corrected chi connectivity index (χ3v) is 4.58. The van der Waals surface area contributed by atoms with E-state index in [0.717, 1.165) is 4.48 Å². The van der Waals surface area contributed by atoms with Crippen LogP contribution in [0.2, 0.25) is 0 Å². The molecule has 2 aromatic rings. The molecule has 0 aliphatic heterocycles. The Morgan fingerprint density at radius 2 is 1.22 bits per heavy atom. The molecule has 0 N–H and O–H groups in total. The number of unbranched alkanes of at least 4 members (excludes halogenated alkanes) is 8. The van der Waals surface area contributed by atoms with Crippen molar-refractivity contribution in [2.24, 2.45) is 0 Å². The van der Waals surface area contributed by atoms with Crippen LogP contribution in [0.15, 0.2) is 54.6 Å². The minimum Gasteiger partial charge on any atom is -1.00 e. The van der Waals surface area contributed by atoms with Crippen LogP contribution in [0, 0.1) is 0 Å². The Labute approximate surface area is 190 Å². The molecular formula is C24H40BrFeN. The van der Waals surface area contributed by atoms with Crippen molar-refractivity contribution in [1.29, 1.82) is 0 Å². The van der Waals surface area contributed by atoms with Gasteiger partial charge >= 0.3 is 17.1 Å². The molecule has 0 aliphatic carbocycles. The molecule has 2 aromatic carbocycles. The van der Waals surface area contributed by atoms with Crippen molar-refractivity contribution in [1.82, 2.24) is 0 Å². The summed E-state index contributed by atoms with van der Waals surface area (Å²) in [7, 11) is 6.86. The number of hydrogen-bond acceptors (Lipinski definition) is 0. The molecule has 3 heteroatoms. The molecule has 0 spiro atoms. The van der Waals surface area contributed by atoms with Gasteiger partial charge in [0.15, 0.2) is 0 Å². The van der Waals surface area contributed by atoms with Crippen LogP contribution in [0.3, 0.4) is 0 Å². The summed E-state index contributed by atoms with van der Waals surface area (Å²) in [5, 5.41) is 0. The first-order valence-corrected chi connectivity index (χ1v) is 10.3. The van der Waals surface area contributed by atoms with Crippen LogP contribution in [0.25, 0.3) is 0 Å². The summed E-state index contributed by atoms with van der Waals surface area (Å²) in [5.74, 6) is 0. The molecule has 0 aromatic heterocycles.